The number of benzene rings is 2. The summed E-state index contributed by atoms with van der Waals surface area (Å²) in [4.78, 5) is 26.5. The topological polar surface area (TPSA) is 75.3 Å². The van der Waals surface area contributed by atoms with E-state index in [1.165, 1.54) is 4.90 Å². The Bertz CT molecular complexity index is 937. The predicted molar refractivity (Wildman–Crippen MR) is 105 cm³/mol. The maximum absolute atomic E-state index is 12.6. The van der Waals surface area contributed by atoms with Crippen molar-refractivity contribution in [3.05, 3.63) is 76.4 Å². The van der Waals surface area contributed by atoms with Crippen LogP contribution in [-0.2, 0) is 9.53 Å². The summed E-state index contributed by atoms with van der Waals surface area (Å²) < 4.78 is 6.46. The van der Waals surface area contributed by atoms with Gasteiger partial charge in [-0.3, -0.25) is 9.89 Å². The molecule has 1 amide bonds. The monoisotopic (exact) mass is 427 g/mol. The first kappa shape index (κ1) is 18.8. The highest BCUT2D eigenvalue weighted by molar-refractivity contribution is 9.10. The number of H-pyrrole nitrogens is 1. The molecule has 0 unspecified atom stereocenters. The van der Waals surface area contributed by atoms with E-state index in [0.717, 1.165) is 10.0 Å². The van der Waals surface area contributed by atoms with Crippen LogP contribution >= 0.6 is 15.9 Å². The number of esters is 1. The minimum absolute atomic E-state index is 0.181. The number of nitrogens with one attached hydrogen (secondary N) is 1. The van der Waals surface area contributed by atoms with E-state index in [-0.39, 0.29) is 11.6 Å². The van der Waals surface area contributed by atoms with Crippen LogP contribution in [0.2, 0.25) is 0 Å². The van der Waals surface area contributed by atoms with E-state index in [4.69, 9.17) is 4.74 Å². The Hall–Kier alpha value is -2.93. The fraction of sp³-hybridized carbons (Fsp3) is 0.150. The molecule has 0 saturated heterocycles. The molecule has 0 bridgehead atoms. The number of carbonyl (C=O) groups is 2. The van der Waals surface area contributed by atoms with Crippen LogP contribution in [0.25, 0.3) is 11.3 Å². The second kappa shape index (κ2) is 8.18. The summed E-state index contributed by atoms with van der Waals surface area (Å²) in [6.45, 7) is 0. The van der Waals surface area contributed by atoms with Crippen LogP contribution in [0.5, 0.6) is 0 Å². The first-order chi connectivity index (χ1) is 13.0. The molecule has 0 spiro atoms. The van der Waals surface area contributed by atoms with Crippen LogP contribution in [0, 0.1) is 0 Å². The van der Waals surface area contributed by atoms with Crippen molar-refractivity contribution in [3.8, 4) is 11.3 Å². The largest absolute Gasteiger partial charge is 0.443 e. The number of ether oxygens (including phenoxy) is 1. The summed E-state index contributed by atoms with van der Waals surface area (Å²) in [6.07, 6.45) is -1.02. The lowest BCUT2D eigenvalue weighted by atomic mass is 10.1. The zero-order valence-corrected chi connectivity index (χ0v) is 16.4. The number of hydrogen-bond donors (Lipinski definition) is 1. The lowest BCUT2D eigenvalue weighted by Crippen LogP contribution is -2.31. The molecule has 138 valence electrons. The first-order valence-electron chi connectivity index (χ1n) is 8.24. The van der Waals surface area contributed by atoms with Crippen LogP contribution < -0.4 is 0 Å². The molecule has 2 aromatic carbocycles. The van der Waals surface area contributed by atoms with Crippen molar-refractivity contribution in [1.82, 2.24) is 15.1 Å². The SMILES string of the molecule is CN(C)C(=O)[C@H](OC(=O)c1cc(-c2ccc(Br)cc2)n[nH]1)c1ccccc1. The van der Waals surface area contributed by atoms with Crippen LogP contribution in [0.1, 0.15) is 22.2 Å². The number of aromatic nitrogens is 2. The highest BCUT2D eigenvalue weighted by Gasteiger charge is 2.27. The zero-order chi connectivity index (χ0) is 19.4. The summed E-state index contributed by atoms with van der Waals surface area (Å²) in [5, 5.41) is 6.84. The van der Waals surface area contributed by atoms with E-state index in [2.05, 4.69) is 26.1 Å². The van der Waals surface area contributed by atoms with Gasteiger partial charge in [0.25, 0.3) is 5.91 Å². The number of nitrogens with zero attached hydrogens (tertiary/aromatic N) is 2. The minimum atomic E-state index is -1.02. The Labute approximate surface area is 165 Å². The van der Waals surface area contributed by atoms with Crippen molar-refractivity contribution >= 4 is 27.8 Å². The van der Waals surface area contributed by atoms with Gasteiger partial charge >= 0.3 is 5.97 Å². The van der Waals surface area contributed by atoms with Gasteiger partial charge in [-0.2, -0.15) is 5.10 Å². The molecule has 27 heavy (non-hydrogen) atoms. The highest BCUT2D eigenvalue weighted by Crippen LogP contribution is 2.23. The molecule has 1 atom stereocenters. The average molecular weight is 428 g/mol. The molecule has 0 aliphatic carbocycles. The minimum Gasteiger partial charge on any atom is -0.443 e. The van der Waals surface area contributed by atoms with E-state index in [1.807, 2.05) is 30.3 Å². The van der Waals surface area contributed by atoms with E-state index in [0.29, 0.717) is 11.3 Å². The lowest BCUT2D eigenvalue weighted by Gasteiger charge is -2.20. The molecule has 0 aliphatic rings. The van der Waals surface area contributed by atoms with Crippen molar-refractivity contribution in [3.63, 3.8) is 0 Å². The molecule has 0 aliphatic heterocycles. The van der Waals surface area contributed by atoms with Gasteiger partial charge in [-0.25, -0.2) is 4.79 Å². The Morgan fingerprint density at radius 3 is 2.37 bits per heavy atom. The fourth-order valence-corrected chi connectivity index (χ4v) is 2.75. The molecule has 3 rings (SSSR count). The molecule has 3 aromatic rings. The van der Waals surface area contributed by atoms with Gasteiger partial charge in [0.1, 0.15) is 5.69 Å². The Kier molecular flexibility index (Phi) is 5.71. The molecule has 1 heterocycles. The van der Waals surface area contributed by atoms with Gasteiger partial charge in [-0.05, 0) is 18.2 Å². The second-order valence-electron chi connectivity index (χ2n) is 6.10. The summed E-state index contributed by atoms with van der Waals surface area (Å²) in [6, 6.07) is 18.1. The summed E-state index contributed by atoms with van der Waals surface area (Å²) in [5.74, 6) is -0.961. The Morgan fingerprint density at radius 1 is 1.07 bits per heavy atom. The van der Waals surface area contributed by atoms with Gasteiger partial charge in [0.2, 0.25) is 6.10 Å². The van der Waals surface area contributed by atoms with Crippen LogP contribution in [0.4, 0.5) is 0 Å². The molecule has 1 aromatic heterocycles. The number of rotatable bonds is 5. The van der Waals surface area contributed by atoms with E-state index in [9.17, 15) is 9.59 Å². The molecule has 0 saturated carbocycles. The van der Waals surface area contributed by atoms with Crippen LogP contribution in [0.3, 0.4) is 0 Å². The number of halogens is 1. The lowest BCUT2D eigenvalue weighted by molar-refractivity contribution is -0.138. The van der Waals surface area contributed by atoms with Crippen molar-refractivity contribution < 1.29 is 14.3 Å². The Morgan fingerprint density at radius 2 is 1.74 bits per heavy atom. The summed E-state index contributed by atoms with van der Waals surface area (Å²) >= 11 is 3.38. The van der Waals surface area contributed by atoms with E-state index < -0.39 is 12.1 Å². The van der Waals surface area contributed by atoms with Crippen molar-refractivity contribution in [2.75, 3.05) is 14.1 Å². The maximum atomic E-state index is 12.6. The summed E-state index contributed by atoms with van der Waals surface area (Å²) in [7, 11) is 3.24. The van der Waals surface area contributed by atoms with Gasteiger partial charge in [0.05, 0.1) is 5.69 Å². The molecule has 0 fully saturated rings. The zero-order valence-electron chi connectivity index (χ0n) is 14.8. The average Bonchev–Trinajstić information content (AvgIpc) is 3.17. The van der Waals surface area contributed by atoms with Crippen LogP contribution in [-0.4, -0.2) is 41.1 Å². The second-order valence-corrected chi connectivity index (χ2v) is 7.02. The third kappa shape index (κ3) is 4.43. The molecule has 6 nitrogen and oxygen atoms in total. The van der Waals surface area contributed by atoms with Gasteiger partial charge < -0.3 is 9.64 Å². The smallest absolute Gasteiger partial charge is 0.357 e. The van der Waals surface area contributed by atoms with Crippen molar-refractivity contribution in [2.24, 2.45) is 0 Å². The van der Waals surface area contributed by atoms with Gasteiger partial charge in [0.15, 0.2) is 0 Å². The normalized spacial score (nSPS) is 11.7. The molecule has 1 N–H and O–H groups in total. The van der Waals surface area contributed by atoms with E-state index in [1.54, 1.807) is 44.4 Å². The third-order valence-corrected chi connectivity index (χ3v) is 4.46. The summed E-state index contributed by atoms with van der Waals surface area (Å²) in [5.41, 5.74) is 2.26. The predicted octanol–water partition coefficient (Wildman–Crippen LogP) is 3.83. The van der Waals surface area contributed by atoms with Crippen LogP contribution in [0.15, 0.2) is 65.1 Å². The molecular weight excluding hydrogens is 410 g/mol. The number of likely N-dealkylation sites (N-methyl/N-ethyl adjacent to an activating group) is 1. The molecule has 7 heteroatoms. The number of hydrogen-bond acceptors (Lipinski definition) is 4. The van der Waals surface area contributed by atoms with Gasteiger partial charge in [-0.15, -0.1) is 0 Å². The molecule has 0 radical (unpaired) electrons. The maximum Gasteiger partial charge on any atom is 0.357 e. The quantitative estimate of drug-likeness (QED) is 0.627. The molecular formula is C20H18BrN3O3. The van der Waals surface area contributed by atoms with Crippen molar-refractivity contribution in [1.29, 1.82) is 0 Å². The fourth-order valence-electron chi connectivity index (χ4n) is 2.49. The number of aromatic amines is 1. The standard InChI is InChI=1S/C20H18BrN3O3/c1-24(2)19(25)18(14-6-4-3-5-7-14)27-20(26)17-12-16(22-23-17)13-8-10-15(21)11-9-13/h3-12,18H,1-2H3,(H,22,23)/t18-/m1/s1. The van der Waals surface area contributed by atoms with E-state index >= 15 is 0 Å². The van der Waals surface area contributed by atoms with Gasteiger partial charge in [-0.1, -0.05) is 58.4 Å². The Balaban J connectivity index is 1.82. The third-order valence-electron chi connectivity index (χ3n) is 3.93. The van der Waals surface area contributed by atoms with Crippen molar-refractivity contribution in [2.45, 2.75) is 6.10 Å². The first-order valence-corrected chi connectivity index (χ1v) is 9.03. The van der Waals surface area contributed by atoms with Gasteiger partial charge in [0, 0.05) is 29.7 Å². The highest BCUT2D eigenvalue weighted by atomic mass is 79.9. The number of carbonyl (C=O) groups excluding carboxylic acids is 2. The number of amides is 1.